The molecule has 32 heavy (non-hydrogen) atoms. The van der Waals surface area contributed by atoms with E-state index in [0.29, 0.717) is 43.7 Å². The zero-order valence-corrected chi connectivity index (χ0v) is 18.4. The number of thioether (sulfide) groups is 1. The number of amides is 3. The van der Waals surface area contributed by atoms with Gasteiger partial charge >= 0.3 is 12.2 Å². The number of carbonyl (C=O) groups excluding carboxylic acids is 2. The lowest BCUT2D eigenvalue weighted by atomic mass is 10.0. The lowest BCUT2D eigenvalue weighted by Gasteiger charge is -2.44. The minimum atomic E-state index is -4.41. The van der Waals surface area contributed by atoms with Gasteiger partial charge in [-0.15, -0.1) is 11.8 Å². The number of alkyl halides is 3. The summed E-state index contributed by atoms with van der Waals surface area (Å²) in [6.07, 6.45) is -3.12. The molecule has 0 aromatic heterocycles. The predicted molar refractivity (Wildman–Crippen MR) is 119 cm³/mol. The molecule has 0 aliphatic carbocycles. The van der Waals surface area contributed by atoms with Crippen molar-refractivity contribution in [2.45, 2.75) is 30.8 Å². The number of anilines is 1. The molecule has 0 atom stereocenters. The molecule has 3 amide bonds. The normalized spacial score (nSPS) is 18.1. The Morgan fingerprint density at radius 2 is 1.59 bits per heavy atom. The molecule has 170 valence electrons. The van der Waals surface area contributed by atoms with E-state index in [2.05, 4.69) is 5.32 Å². The van der Waals surface area contributed by atoms with Crippen LogP contribution in [0.3, 0.4) is 0 Å². The van der Waals surface area contributed by atoms with Gasteiger partial charge in [0.15, 0.2) is 0 Å². The molecule has 2 aliphatic rings. The van der Waals surface area contributed by atoms with Crippen molar-refractivity contribution in [2.75, 3.05) is 30.7 Å². The molecular formula is C23H24F3N3O2S. The molecule has 0 unspecified atom stereocenters. The van der Waals surface area contributed by atoms with E-state index in [9.17, 15) is 22.8 Å². The van der Waals surface area contributed by atoms with Gasteiger partial charge in [0.25, 0.3) is 5.91 Å². The van der Waals surface area contributed by atoms with Crippen molar-refractivity contribution in [3.05, 3.63) is 65.2 Å². The molecule has 5 nitrogen and oxygen atoms in total. The molecule has 2 aromatic rings. The number of nitrogens with zero attached hydrogens (tertiary/aromatic N) is 2. The Morgan fingerprint density at radius 3 is 2.19 bits per heavy atom. The molecule has 4 rings (SSSR count). The molecule has 9 heteroatoms. The van der Waals surface area contributed by atoms with Crippen LogP contribution in [0.2, 0.25) is 0 Å². The van der Waals surface area contributed by atoms with Crippen molar-refractivity contribution in [2.24, 2.45) is 0 Å². The van der Waals surface area contributed by atoms with E-state index in [1.807, 2.05) is 36.1 Å². The lowest BCUT2D eigenvalue weighted by molar-refractivity contribution is -0.137. The second-order valence-corrected chi connectivity index (χ2v) is 9.57. The molecule has 2 fully saturated rings. The minimum absolute atomic E-state index is 0.0117. The van der Waals surface area contributed by atoms with Crippen LogP contribution in [0, 0.1) is 6.92 Å². The van der Waals surface area contributed by atoms with Crippen molar-refractivity contribution in [3.8, 4) is 0 Å². The summed E-state index contributed by atoms with van der Waals surface area (Å²) in [5.74, 6) is 0.868. The van der Waals surface area contributed by atoms with Crippen molar-refractivity contribution in [1.82, 2.24) is 9.80 Å². The fraction of sp³-hybridized carbons (Fsp3) is 0.391. The molecule has 1 spiro atoms. The zero-order valence-electron chi connectivity index (χ0n) is 17.6. The number of likely N-dealkylation sites (tertiary alicyclic amines) is 1. The van der Waals surface area contributed by atoms with Gasteiger partial charge in [0, 0.05) is 36.6 Å². The summed E-state index contributed by atoms with van der Waals surface area (Å²) in [7, 11) is 0. The highest BCUT2D eigenvalue weighted by atomic mass is 32.2. The first kappa shape index (κ1) is 22.5. The first-order valence-corrected chi connectivity index (χ1v) is 11.4. The van der Waals surface area contributed by atoms with Gasteiger partial charge in [0.1, 0.15) is 0 Å². The van der Waals surface area contributed by atoms with Crippen molar-refractivity contribution >= 4 is 29.4 Å². The Morgan fingerprint density at radius 1 is 0.969 bits per heavy atom. The van der Waals surface area contributed by atoms with Crippen LogP contribution in [0.15, 0.2) is 48.5 Å². The summed E-state index contributed by atoms with van der Waals surface area (Å²) in [5.41, 5.74) is 1.32. The minimum Gasteiger partial charge on any atom is -0.324 e. The van der Waals surface area contributed by atoms with E-state index < -0.39 is 11.7 Å². The van der Waals surface area contributed by atoms with E-state index in [1.165, 1.54) is 12.1 Å². The topological polar surface area (TPSA) is 52.7 Å². The van der Waals surface area contributed by atoms with Crippen LogP contribution < -0.4 is 5.32 Å². The largest absolute Gasteiger partial charge is 0.416 e. The SMILES string of the molecule is Cc1ccc(C(=O)N2CCSC23CCN(C(=O)Nc2ccc(C(F)(F)F)cc2)CC3)cc1. The van der Waals surface area contributed by atoms with Crippen LogP contribution in [-0.4, -0.2) is 52.0 Å². The van der Waals surface area contributed by atoms with Gasteiger partial charge in [-0.2, -0.15) is 13.2 Å². The maximum Gasteiger partial charge on any atom is 0.416 e. The first-order chi connectivity index (χ1) is 15.2. The number of halogens is 3. The van der Waals surface area contributed by atoms with Gasteiger partial charge < -0.3 is 15.1 Å². The smallest absolute Gasteiger partial charge is 0.324 e. The van der Waals surface area contributed by atoms with Gasteiger partial charge in [0.05, 0.1) is 10.4 Å². The Labute approximate surface area is 189 Å². The third-order valence-electron chi connectivity index (χ3n) is 6.02. The van der Waals surface area contributed by atoms with E-state index in [0.717, 1.165) is 23.4 Å². The summed E-state index contributed by atoms with van der Waals surface area (Å²) in [6, 6.07) is 11.6. The number of urea groups is 1. The molecule has 2 heterocycles. The average molecular weight is 464 g/mol. The predicted octanol–water partition coefficient (Wildman–Crippen LogP) is 5.23. The molecule has 1 N–H and O–H groups in total. The molecule has 2 saturated heterocycles. The monoisotopic (exact) mass is 463 g/mol. The third kappa shape index (κ3) is 4.57. The van der Waals surface area contributed by atoms with Crippen LogP contribution in [0.25, 0.3) is 0 Å². The lowest BCUT2D eigenvalue weighted by Crippen LogP contribution is -2.54. The molecule has 0 radical (unpaired) electrons. The molecule has 2 aromatic carbocycles. The summed E-state index contributed by atoms with van der Waals surface area (Å²) in [5, 5.41) is 2.67. The highest BCUT2D eigenvalue weighted by Crippen LogP contribution is 2.44. The molecule has 0 saturated carbocycles. The Hall–Kier alpha value is -2.68. The third-order valence-corrected chi connectivity index (χ3v) is 7.57. The number of nitrogens with one attached hydrogen (secondary N) is 1. The highest BCUT2D eigenvalue weighted by molar-refractivity contribution is 8.00. The van der Waals surface area contributed by atoms with E-state index in [4.69, 9.17) is 0 Å². The molecule has 0 bridgehead atoms. The van der Waals surface area contributed by atoms with Gasteiger partial charge in [-0.25, -0.2) is 4.79 Å². The maximum atomic E-state index is 13.1. The van der Waals surface area contributed by atoms with Gasteiger partial charge in [-0.1, -0.05) is 17.7 Å². The van der Waals surface area contributed by atoms with Crippen LogP contribution in [0.1, 0.15) is 34.3 Å². The summed E-state index contributed by atoms with van der Waals surface area (Å²) in [4.78, 5) is 29.0. The summed E-state index contributed by atoms with van der Waals surface area (Å²) < 4.78 is 38.1. The standard InChI is InChI=1S/C23H24F3N3O2S/c1-16-2-4-17(5-3-16)20(30)29-14-15-32-22(29)10-12-28(13-11-22)21(31)27-19-8-6-18(7-9-19)23(24,25)26/h2-9H,10-15H2,1H3,(H,27,31). The van der Waals surface area contributed by atoms with Gasteiger partial charge in [-0.05, 0) is 56.2 Å². The van der Waals surface area contributed by atoms with Crippen LogP contribution in [0.4, 0.5) is 23.7 Å². The Kier molecular flexibility index (Phi) is 6.11. The Bertz CT molecular complexity index is 985. The van der Waals surface area contributed by atoms with E-state index >= 15 is 0 Å². The Balaban J connectivity index is 1.37. The summed E-state index contributed by atoms with van der Waals surface area (Å²) in [6.45, 7) is 3.59. The number of rotatable bonds is 2. The number of hydrogen-bond donors (Lipinski definition) is 1. The molecule has 2 aliphatic heterocycles. The maximum absolute atomic E-state index is 13.1. The van der Waals surface area contributed by atoms with Crippen molar-refractivity contribution < 1.29 is 22.8 Å². The van der Waals surface area contributed by atoms with Crippen molar-refractivity contribution in [3.63, 3.8) is 0 Å². The first-order valence-electron chi connectivity index (χ1n) is 10.4. The van der Waals surface area contributed by atoms with Crippen LogP contribution >= 0.6 is 11.8 Å². The fourth-order valence-electron chi connectivity index (χ4n) is 4.17. The van der Waals surface area contributed by atoms with Crippen LogP contribution in [-0.2, 0) is 6.18 Å². The van der Waals surface area contributed by atoms with E-state index in [1.54, 1.807) is 16.7 Å². The fourth-order valence-corrected chi connectivity index (χ4v) is 5.62. The number of aryl methyl sites for hydroxylation is 1. The highest BCUT2D eigenvalue weighted by Gasteiger charge is 2.47. The van der Waals surface area contributed by atoms with Crippen molar-refractivity contribution in [1.29, 1.82) is 0 Å². The second kappa shape index (κ2) is 8.69. The number of carbonyl (C=O) groups is 2. The van der Waals surface area contributed by atoms with Crippen LogP contribution in [0.5, 0.6) is 0 Å². The quantitative estimate of drug-likeness (QED) is 0.664. The second-order valence-electron chi connectivity index (χ2n) is 8.11. The zero-order chi connectivity index (χ0) is 22.9. The van der Waals surface area contributed by atoms with E-state index in [-0.39, 0.29) is 16.8 Å². The molecular weight excluding hydrogens is 439 g/mol. The van der Waals surface area contributed by atoms with Gasteiger partial charge in [-0.3, -0.25) is 4.79 Å². The summed E-state index contributed by atoms with van der Waals surface area (Å²) >= 11 is 1.76. The number of benzene rings is 2. The average Bonchev–Trinajstić information content (AvgIpc) is 3.17. The van der Waals surface area contributed by atoms with Gasteiger partial charge in [0.2, 0.25) is 0 Å². The number of hydrogen-bond acceptors (Lipinski definition) is 3. The number of piperidine rings is 1.